The van der Waals surface area contributed by atoms with Gasteiger partial charge in [-0.1, -0.05) is 17.7 Å². The number of hydrogen-bond acceptors (Lipinski definition) is 2. The van der Waals surface area contributed by atoms with E-state index in [9.17, 15) is 9.90 Å². The Balaban J connectivity index is 2.17. The second kappa shape index (κ2) is 6.08. The Labute approximate surface area is 129 Å². The van der Waals surface area contributed by atoms with E-state index >= 15 is 0 Å². The number of amides is 1. The van der Waals surface area contributed by atoms with Crippen molar-refractivity contribution in [2.75, 3.05) is 13.1 Å². The molecule has 0 saturated carbocycles. The van der Waals surface area contributed by atoms with Crippen molar-refractivity contribution in [1.82, 2.24) is 9.88 Å². The number of halogens is 1. The van der Waals surface area contributed by atoms with Crippen LogP contribution in [0.2, 0.25) is 5.02 Å². The first-order valence-electron chi connectivity index (χ1n) is 7.06. The predicted octanol–water partition coefficient (Wildman–Crippen LogP) is 2.98. The van der Waals surface area contributed by atoms with Crippen LogP contribution >= 0.6 is 11.6 Å². The molecule has 4 nitrogen and oxygen atoms in total. The van der Waals surface area contributed by atoms with E-state index in [0.717, 1.165) is 16.5 Å². The van der Waals surface area contributed by atoms with Gasteiger partial charge in [0, 0.05) is 35.2 Å². The topological polar surface area (TPSA) is 56.3 Å². The summed E-state index contributed by atoms with van der Waals surface area (Å²) < 4.78 is 0. The Morgan fingerprint density at radius 3 is 2.76 bits per heavy atom. The van der Waals surface area contributed by atoms with Gasteiger partial charge in [-0.15, -0.1) is 0 Å². The second-order valence-electron chi connectivity index (χ2n) is 5.90. The number of aromatic amines is 1. The van der Waals surface area contributed by atoms with Crippen LogP contribution in [0.15, 0.2) is 24.4 Å². The number of hydrogen-bond donors (Lipinski definition) is 2. The summed E-state index contributed by atoms with van der Waals surface area (Å²) in [4.78, 5) is 17.2. The lowest BCUT2D eigenvalue weighted by Gasteiger charge is -2.28. The fraction of sp³-hybridized carbons (Fsp3) is 0.438. The van der Waals surface area contributed by atoms with Crippen molar-refractivity contribution in [3.8, 4) is 0 Å². The molecule has 0 aliphatic rings. The van der Waals surface area contributed by atoms with Gasteiger partial charge in [0.15, 0.2) is 0 Å². The fourth-order valence-corrected chi connectivity index (χ4v) is 2.60. The minimum Gasteiger partial charge on any atom is -0.389 e. The maximum atomic E-state index is 12.4. The minimum atomic E-state index is -0.889. The third kappa shape index (κ3) is 3.99. The maximum Gasteiger partial charge on any atom is 0.227 e. The molecule has 0 saturated heterocycles. The van der Waals surface area contributed by atoms with Gasteiger partial charge in [0.25, 0.3) is 0 Å². The van der Waals surface area contributed by atoms with E-state index in [1.54, 1.807) is 18.7 Å². The van der Waals surface area contributed by atoms with Crippen molar-refractivity contribution in [1.29, 1.82) is 0 Å². The first-order chi connectivity index (χ1) is 9.80. The molecule has 0 radical (unpaired) electrons. The highest BCUT2D eigenvalue weighted by atomic mass is 35.5. The molecule has 0 spiro atoms. The van der Waals surface area contributed by atoms with Crippen molar-refractivity contribution in [2.45, 2.75) is 32.8 Å². The Bertz CT molecular complexity index is 643. The number of carbonyl (C=O) groups is 1. The molecule has 2 aromatic rings. The molecule has 0 fully saturated rings. The number of likely N-dealkylation sites (N-methyl/N-ethyl adjacent to an activating group) is 1. The largest absolute Gasteiger partial charge is 0.389 e. The monoisotopic (exact) mass is 308 g/mol. The standard InChI is InChI=1S/C16H21ClN2O2/c1-4-19(10-16(2,3)21)15(20)7-11-9-18-14-8-12(17)5-6-13(11)14/h5-6,8-9,18,21H,4,7,10H2,1-3H3. The zero-order valence-electron chi connectivity index (χ0n) is 12.6. The van der Waals surface area contributed by atoms with Crippen molar-refractivity contribution < 1.29 is 9.90 Å². The normalized spacial score (nSPS) is 11.9. The molecule has 0 unspecified atom stereocenters. The zero-order chi connectivity index (χ0) is 15.6. The summed E-state index contributed by atoms with van der Waals surface area (Å²) in [5, 5.41) is 11.6. The molecule has 0 atom stereocenters. The number of aliphatic hydroxyl groups is 1. The molecule has 1 heterocycles. The summed E-state index contributed by atoms with van der Waals surface area (Å²) in [5.74, 6) is 0.00970. The fourth-order valence-electron chi connectivity index (χ4n) is 2.42. The van der Waals surface area contributed by atoms with Gasteiger partial charge in [-0.2, -0.15) is 0 Å². The molecule has 114 valence electrons. The summed E-state index contributed by atoms with van der Waals surface area (Å²) in [6.07, 6.45) is 2.16. The van der Waals surface area contributed by atoms with Gasteiger partial charge >= 0.3 is 0 Å². The molecule has 1 aromatic carbocycles. The lowest BCUT2D eigenvalue weighted by atomic mass is 10.1. The van der Waals surface area contributed by atoms with Gasteiger partial charge in [-0.3, -0.25) is 4.79 Å². The van der Waals surface area contributed by atoms with Crippen LogP contribution in [-0.4, -0.2) is 39.6 Å². The van der Waals surface area contributed by atoms with Gasteiger partial charge in [0.2, 0.25) is 5.91 Å². The van der Waals surface area contributed by atoms with Crippen LogP contribution in [0.4, 0.5) is 0 Å². The third-order valence-electron chi connectivity index (χ3n) is 3.38. The number of nitrogens with zero attached hydrogens (tertiary/aromatic N) is 1. The highest BCUT2D eigenvalue weighted by molar-refractivity contribution is 6.31. The molecule has 0 aliphatic carbocycles. The average Bonchev–Trinajstić information content (AvgIpc) is 2.77. The molecule has 5 heteroatoms. The molecule has 21 heavy (non-hydrogen) atoms. The van der Waals surface area contributed by atoms with Gasteiger partial charge in [0.05, 0.1) is 12.0 Å². The summed E-state index contributed by atoms with van der Waals surface area (Å²) in [6, 6.07) is 5.59. The van der Waals surface area contributed by atoms with Gasteiger partial charge < -0.3 is 15.0 Å². The molecule has 0 aliphatic heterocycles. The molecule has 2 N–H and O–H groups in total. The highest BCUT2D eigenvalue weighted by Gasteiger charge is 2.22. The smallest absolute Gasteiger partial charge is 0.227 e. The van der Waals surface area contributed by atoms with Gasteiger partial charge in [-0.05, 0) is 38.5 Å². The Morgan fingerprint density at radius 2 is 2.14 bits per heavy atom. The van der Waals surface area contributed by atoms with E-state index in [0.29, 0.717) is 24.5 Å². The Kier molecular flexibility index (Phi) is 4.59. The maximum absolute atomic E-state index is 12.4. The first kappa shape index (κ1) is 15.9. The number of H-pyrrole nitrogens is 1. The van der Waals surface area contributed by atoms with Crippen LogP contribution in [0.1, 0.15) is 26.3 Å². The van der Waals surface area contributed by atoms with Crippen molar-refractivity contribution in [2.24, 2.45) is 0 Å². The lowest BCUT2D eigenvalue weighted by molar-refractivity contribution is -0.133. The number of benzene rings is 1. The quantitative estimate of drug-likeness (QED) is 0.892. The second-order valence-corrected chi connectivity index (χ2v) is 6.34. The third-order valence-corrected chi connectivity index (χ3v) is 3.62. The predicted molar refractivity (Wildman–Crippen MR) is 85.6 cm³/mol. The van der Waals surface area contributed by atoms with Crippen LogP contribution in [0, 0.1) is 0 Å². The number of fused-ring (bicyclic) bond motifs is 1. The lowest BCUT2D eigenvalue weighted by Crippen LogP contribution is -2.42. The number of carbonyl (C=O) groups excluding carboxylic acids is 1. The summed E-state index contributed by atoms with van der Waals surface area (Å²) in [5.41, 5.74) is 0.982. The Hall–Kier alpha value is -1.52. The SMILES string of the molecule is CCN(CC(C)(C)O)C(=O)Cc1c[nH]c2cc(Cl)ccc12. The average molecular weight is 309 g/mol. The van der Waals surface area contributed by atoms with Crippen molar-refractivity contribution in [3.63, 3.8) is 0 Å². The molecule has 1 aromatic heterocycles. The van der Waals surface area contributed by atoms with Gasteiger partial charge in [0.1, 0.15) is 0 Å². The molecular formula is C16H21ClN2O2. The summed E-state index contributed by atoms with van der Waals surface area (Å²) in [7, 11) is 0. The van der Waals surface area contributed by atoms with Crippen LogP contribution in [0.3, 0.4) is 0 Å². The first-order valence-corrected chi connectivity index (χ1v) is 7.43. The highest BCUT2D eigenvalue weighted by Crippen LogP contribution is 2.23. The number of aromatic nitrogens is 1. The van der Waals surface area contributed by atoms with Crippen LogP contribution < -0.4 is 0 Å². The van der Waals surface area contributed by atoms with E-state index in [-0.39, 0.29) is 5.91 Å². The van der Waals surface area contributed by atoms with Crippen molar-refractivity contribution in [3.05, 3.63) is 35.0 Å². The van der Waals surface area contributed by atoms with Crippen LogP contribution in [0.5, 0.6) is 0 Å². The number of rotatable bonds is 5. The summed E-state index contributed by atoms with van der Waals surface area (Å²) in [6.45, 7) is 6.24. The van der Waals surface area contributed by atoms with Crippen molar-refractivity contribution >= 4 is 28.4 Å². The Morgan fingerprint density at radius 1 is 1.43 bits per heavy atom. The van der Waals surface area contributed by atoms with Crippen LogP contribution in [0.25, 0.3) is 10.9 Å². The molecular weight excluding hydrogens is 288 g/mol. The zero-order valence-corrected chi connectivity index (χ0v) is 13.4. The summed E-state index contributed by atoms with van der Waals surface area (Å²) >= 11 is 5.96. The molecule has 2 rings (SSSR count). The molecule has 1 amide bonds. The van der Waals surface area contributed by atoms with E-state index < -0.39 is 5.60 Å². The number of nitrogens with one attached hydrogen (secondary N) is 1. The van der Waals surface area contributed by atoms with E-state index in [1.807, 2.05) is 31.3 Å². The molecule has 0 bridgehead atoms. The minimum absolute atomic E-state index is 0.00970. The van der Waals surface area contributed by atoms with E-state index in [2.05, 4.69) is 4.98 Å². The van der Waals surface area contributed by atoms with Gasteiger partial charge in [-0.25, -0.2) is 0 Å². The van der Waals surface area contributed by atoms with E-state index in [1.165, 1.54) is 0 Å². The van der Waals surface area contributed by atoms with E-state index in [4.69, 9.17) is 11.6 Å². The van der Waals surface area contributed by atoms with Crippen LogP contribution in [-0.2, 0) is 11.2 Å².